The summed E-state index contributed by atoms with van der Waals surface area (Å²) in [5, 5.41) is 4.19. The van der Waals surface area contributed by atoms with Crippen molar-refractivity contribution < 1.29 is 4.79 Å². The molecular weight excluding hydrogens is 278 g/mol. The van der Waals surface area contributed by atoms with Gasteiger partial charge >= 0.3 is 0 Å². The van der Waals surface area contributed by atoms with E-state index in [1.165, 1.54) is 16.9 Å². The third-order valence-electron chi connectivity index (χ3n) is 3.57. The molecule has 2 nitrogen and oxygen atoms in total. The Labute approximate surface area is 128 Å². The number of hydrogen-bond acceptors (Lipinski definition) is 2. The normalized spacial score (nSPS) is 12.3. The molecule has 0 saturated carbocycles. The molecule has 0 aliphatic carbocycles. The van der Waals surface area contributed by atoms with Crippen molar-refractivity contribution in [1.29, 1.82) is 0 Å². The Morgan fingerprint density at radius 3 is 2.52 bits per heavy atom. The number of fused-ring (bicyclic) bond motifs is 1. The molecule has 2 aromatic carbocycles. The summed E-state index contributed by atoms with van der Waals surface area (Å²) in [7, 11) is 0. The van der Waals surface area contributed by atoms with Gasteiger partial charge in [0.05, 0.1) is 10.9 Å². The number of nitrogens with one attached hydrogen (secondary N) is 1. The van der Waals surface area contributed by atoms with Gasteiger partial charge in [-0.3, -0.25) is 4.79 Å². The van der Waals surface area contributed by atoms with E-state index in [2.05, 4.69) is 36.5 Å². The Hall–Kier alpha value is -2.13. The Morgan fingerprint density at radius 1 is 1.10 bits per heavy atom. The Kier molecular flexibility index (Phi) is 3.76. The van der Waals surface area contributed by atoms with Crippen molar-refractivity contribution in [3.05, 3.63) is 70.6 Å². The molecule has 3 heteroatoms. The lowest BCUT2D eigenvalue weighted by atomic mass is 10.1. The van der Waals surface area contributed by atoms with Crippen LogP contribution in [0.1, 0.15) is 33.8 Å². The summed E-state index contributed by atoms with van der Waals surface area (Å²) in [5.74, 6) is -0.00993. The largest absolute Gasteiger partial charge is 0.345 e. The number of hydrogen-bond donors (Lipinski definition) is 1. The highest BCUT2D eigenvalue weighted by Gasteiger charge is 2.13. The van der Waals surface area contributed by atoms with Crippen LogP contribution in [-0.4, -0.2) is 5.91 Å². The summed E-state index contributed by atoms with van der Waals surface area (Å²) >= 11 is 1.53. The van der Waals surface area contributed by atoms with E-state index in [9.17, 15) is 4.79 Å². The zero-order valence-electron chi connectivity index (χ0n) is 12.1. The summed E-state index contributed by atoms with van der Waals surface area (Å²) in [6.45, 7) is 4.07. The molecule has 0 aliphatic heterocycles. The summed E-state index contributed by atoms with van der Waals surface area (Å²) in [5.41, 5.74) is 2.34. The third-order valence-corrected chi connectivity index (χ3v) is 4.69. The molecule has 1 atom stereocenters. The lowest BCUT2D eigenvalue weighted by Gasteiger charge is -2.13. The van der Waals surface area contributed by atoms with E-state index in [1.807, 2.05) is 37.3 Å². The highest BCUT2D eigenvalue weighted by atomic mass is 32.1. The van der Waals surface area contributed by atoms with Gasteiger partial charge in [-0.15, -0.1) is 11.3 Å². The van der Waals surface area contributed by atoms with Crippen molar-refractivity contribution in [2.24, 2.45) is 0 Å². The minimum atomic E-state index is -0.00993. The van der Waals surface area contributed by atoms with Gasteiger partial charge in [0.15, 0.2) is 0 Å². The van der Waals surface area contributed by atoms with Crippen LogP contribution in [0.25, 0.3) is 10.1 Å². The summed E-state index contributed by atoms with van der Waals surface area (Å²) < 4.78 is 1.14. The molecule has 0 saturated heterocycles. The summed E-state index contributed by atoms with van der Waals surface area (Å²) in [6.07, 6.45) is 0. The molecule has 1 amide bonds. The number of rotatable bonds is 3. The highest BCUT2D eigenvalue weighted by Crippen LogP contribution is 2.25. The van der Waals surface area contributed by atoms with Crippen LogP contribution >= 0.6 is 11.3 Å². The van der Waals surface area contributed by atoms with Crippen molar-refractivity contribution in [2.45, 2.75) is 19.9 Å². The van der Waals surface area contributed by atoms with E-state index in [0.717, 1.165) is 20.5 Å². The maximum Gasteiger partial charge on any atom is 0.261 e. The lowest BCUT2D eigenvalue weighted by Crippen LogP contribution is -2.25. The second-order valence-corrected chi connectivity index (χ2v) is 6.34. The van der Waals surface area contributed by atoms with E-state index in [1.54, 1.807) is 0 Å². The van der Waals surface area contributed by atoms with E-state index in [4.69, 9.17) is 0 Å². The van der Waals surface area contributed by atoms with Crippen molar-refractivity contribution in [3.63, 3.8) is 0 Å². The number of amides is 1. The first-order chi connectivity index (χ1) is 10.1. The molecule has 0 fully saturated rings. The van der Waals surface area contributed by atoms with Crippen molar-refractivity contribution in [2.75, 3.05) is 0 Å². The molecule has 1 N–H and O–H groups in total. The first-order valence-electron chi connectivity index (χ1n) is 6.99. The molecule has 1 unspecified atom stereocenters. The second-order valence-electron chi connectivity index (χ2n) is 5.25. The average Bonchev–Trinajstić information content (AvgIpc) is 2.92. The van der Waals surface area contributed by atoms with Crippen LogP contribution in [0.2, 0.25) is 0 Å². The minimum Gasteiger partial charge on any atom is -0.345 e. The van der Waals surface area contributed by atoms with Gasteiger partial charge in [-0.2, -0.15) is 0 Å². The van der Waals surface area contributed by atoms with Crippen molar-refractivity contribution in [1.82, 2.24) is 5.32 Å². The standard InChI is InChI=1S/C18H17NOS/c1-12-7-9-14(10-8-12)13(2)19-18(20)17-11-15-5-3-4-6-16(15)21-17/h3-11,13H,1-2H3,(H,19,20). The summed E-state index contributed by atoms with van der Waals surface area (Å²) in [4.78, 5) is 13.1. The highest BCUT2D eigenvalue weighted by molar-refractivity contribution is 7.20. The Balaban J connectivity index is 1.77. The van der Waals surface area contributed by atoms with Gasteiger partial charge in [0.2, 0.25) is 0 Å². The molecule has 3 rings (SSSR count). The maximum atomic E-state index is 12.4. The van der Waals surface area contributed by atoms with E-state index in [-0.39, 0.29) is 11.9 Å². The number of benzene rings is 2. The molecule has 0 spiro atoms. The number of carbonyl (C=O) groups excluding carboxylic acids is 1. The Bertz CT molecular complexity index is 740. The molecule has 21 heavy (non-hydrogen) atoms. The van der Waals surface area contributed by atoms with Gasteiger partial charge in [0.25, 0.3) is 5.91 Å². The number of thiophene rings is 1. The van der Waals surface area contributed by atoms with Gasteiger partial charge in [0, 0.05) is 4.70 Å². The van der Waals surface area contributed by atoms with Crippen LogP contribution in [0.3, 0.4) is 0 Å². The van der Waals surface area contributed by atoms with E-state index < -0.39 is 0 Å². The van der Waals surface area contributed by atoms with E-state index in [0.29, 0.717) is 0 Å². The first kappa shape index (κ1) is 13.8. The van der Waals surface area contributed by atoms with Crippen LogP contribution in [0.4, 0.5) is 0 Å². The van der Waals surface area contributed by atoms with Crippen molar-refractivity contribution in [3.8, 4) is 0 Å². The first-order valence-corrected chi connectivity index (χ1v) is 7.81. The van der Waals surface area contributed by atoms with Crippen LogP contribution in [0, 0.1) is 6.92 Å². The molecule has 0 bridgehead atoms. The monoisotopic (exact) mass is 295 g/mol. The van der Waals surface area contributed by atoms with Gasteiger partial charge in [0.1, 0.15) is 0 Å². The van der Waals surface area contributed by atoms with Crippen LogP contribution < -0.4 is 5.32 Å². The number of aryl methyl sites for hydroxylation is 1. The zero-order valence-corrected chi connectivity index (χ0v) is 12.9. The lowest BCUT2D eigenvalue weighted by molar-refractivity contribution is 0.0944. The Morgan fingerprint density at radius 2 is 1.81 bits per heavy atom. The number of carbonyl (C=O) groups is 1. The average molecular weight is 295 g/mol. The molecule has 0 aliphatic rings. The molecule has 1 heterocycles. The zero-order chi connectivity index (χ0) is 14.8. The fourth-order valence-electron chi connectivity index (χ4n) is 2.30. The smallest absolute Gasteiger partial charge is 0.261 e. The molecule has 3 aromatic rings. The predicted molar refractivity (Wildman–Crippen MR) is 88.9 cm³/mol. The SMILES string of the molecule is Cc1ccc(C(C)NC(=O)c2cc3ccccc3s2)cc1. The van der Waals surface area contributed by atoms with Gasteiger partial charge in [-0.25, -0.2) is 0 Å². The molecule has 0 radical (unpaired) electrons. The maximum absolute atomic E-state index is 12.4. The fraction of sp³-hybridized carbons (Fsp3) is 0.167. The molecule has 1 aromatic heterocycles. The van der Waals surface area contributed by atoms with Gasteiger partial charge in [-0.05, 0) is 36.9 Å². The van der Waals surface area contributed by atoms with Crippen LogP contribution in [-0.2, 0) is 0 Å². The van der Waals surface area contributed by atoms with Gasteiger partial charge < -0.3 is 5.32 Å². The quantitative estimate of drug-likeness (QED) is 0.745. The molecule has 106 valence electrons. The third kappa shape index (κ3) is 2.98. The van der Waals surface area contributed by atoms with Gasteiger partial charge in [-0.1, -0.05) is 48.0 Å². The van der Waals surface area contributed by atoms with Crippen LogP contribution in [0.15, 0.2) is 54.6 Å². The summed E-state index contributed by atoms with van der Waals surface area (Å²) in [6, 6.07) is 18.3. The predicted octanol–water partition coefficient (Wildman–Crippen LogP) is 4.70. The van der Waals surface area contributed by atoms with Crippen LogP contribution in [0.5, 0.6) is 0 Å². The molecular formula is C18H17NOS. The topological polar surface area (TPSA) is 29.1 Å². The van der Waals surface area contributed by atoms with Crippen molar-refractivity contribution >= 4 is 27.3 Å². The fourth-order valence-corrected chi connectivity index (χ4v) is 3.27. The second kappa shape index (κ2) is 5.70. The minimum absolute atomic E-state index is 0.00307. The van der Waals surface area contributed by atoms with E-state index >= 15 is 0 Å².